The lowest BCUT2D eigenvalue weighted by molar-refractivity contribution is -0.131. The van der Waals surface area contributed by atoms with Gasteiger partial charge >= 0.3 is 0 Å². The zero-order valence-corrected chi connectivity index (χ0v) is 14.4. The van der Waals surface area contributed by atoms with Crippen LogP contribution in [0.15, 0.2) is 54.6 Å². The van der Waals surface area contributed by atoms with Gasteiger partial charge in [0, 0.05) is 0 Å². The second-order valence-corrected chi connectivity index (χ2v) is 7.10. The quantitative estimate of drug-likeness (QED) is 0.588. The zero-order valence-electron chi connectivity index (χ0n) is 13.6. The molecule has 0 heterocycles. The molecule has 0 radical (unpaired) electrons. The molecule has 0 aliphatic carbocycles. The lowest BCUT2D eigenvalue weighted by atomic mass is 9.98. The van der Waals surface area contributed by atoms with Gasteiger partial charge in [0.25, 0.3) is 5.91 Å². The van der Waals surface area contributed by atoms with Gasteiger partial charge in [0.2, 0.25) is 0 Å². The van der Waals surface area contributed by atoms with Crippen LogP contribution in [0.1, 0.15) is 25.3 Å². The number of amides is 1. The first-order chi connectivity index (χ1) is 11.1. The number of nitrogens with one attached hydrogen (secondary N) is 1. The van der Waals surface area contributed by atoms with Crippen LogP contribution < -0.4 is 5.48 Å². The molecule has 0 saturated carbocycles. The van der Waals surface area contributed by atoms with Gasteiger partial charge in [-0.3, -0.25) is 10.0 Å². The average molecular weight is 329 g/mol. The summed E-state index contributed by atoms with van der Waals surface area (Å²) in [7, 11) is 0. The molecule has 2 aromatic rings. The molecule has 3 nitrogen and oxygen atoms in total. The summed E-state index contributed by atoms with van der Waals surface area (Å²) >= 11 is 1.47. The molecule has 0 bridgehead atoms. The molecule has 0 aromatic heterocycles. The minimum absolute atomic E-state index is 0.329. The molecular weight excluding hydrogens is 306 g/mol. The largest absolute Gasteiger partial charge is 0.289 e. The molecule has 0 aliphatic rings. The third kappa shape index (κ3) is 4.60. The van der Waals surface area contributed by atoms with E-state index in [1.807, 2.05) is 31.4 Å². The van der Waals surface area contributed by atoms with Crippen molar-refractivity contribution in [1.82, 2.24) is 5.48 Å². The molecule has 1 atom stereocenters. The predicted octanol–water partition coefficient (Wildman–Crippen LogP) is 4.30. The van der Waals surface area contributed by atoms with Gasteiger partial charge in [-0.1, -0.05) is 54.6 Å². The van der Waals surface area contributed by atoms with Crippen molar-refractivity contribution in [3.8, 4) is 11.1 Å². The number of carbonyl (C=O) groups excluding carboxylic acids is 1. The molecule has 1 amide bonds. The van der Waals surface area contributed by atoms with Crippen LogP contribution in [-0.2, 0) is 11.2 Å². The lowest BCUT2D eigenvalue weighted by Gasteiger charge is -2.24. The molecule has 2 rings (SSSR count). The van der Waals surface area contributed by atoms with Gasteiger partial charge in [-0.15, -0.1) is 11.8 Å². The SMILES string of the molecule is CSC(C)(CCCc1ccc(-c2ccccc2)cc1)C(=O)NO. The molecule has 2 N–H and O–H groups in total. The normalized spacial score (nSPS) is 13.3. The van der Waals surface area contributed by atoms with Crippen LogP contribution in [0.2, 0.25) is 0 Å². The van der Waals surface area contributed by atoms with Crippen molar-refractivity contribution in [2.75, 3.05) is 6.26 Å². The molecule has 0 aliphatic heterocycles. The molecule has 122 valence electrons. The first-order valence-corrected chi connectivity index (χ1v) is 8.95. The van der Waals surface area contributed by atoms with E-state index in [0.29, 0.717) is 0 Å². The summed E-state index contributed by atoms with van der Waals surface area (Å²) < 4.78 is -0.585. The monoisotopic (exact) mass is 329 g/mol. The van der Waals surface area contributed by atoms with Crippen molar-refractivity contribution < 1.29 is 10.0 Å². The minimum atomic E-state index is -0.585. The number of aryl methyl sites for hydroxylation is 1. The van der Waals surface area contributed by atoms with Gasteiger partial charge in [-0.25, -0.2) is 5.48 Å². The number of hydrogen-bond donors (Lipinski definition) is 2. The Morgan fingerprint density at radius 2 is 1.70 bits per heavy atom. The molecule has 4 heteroatoms. The number of benzene rings is 2. The third-order valence-electron chi connectivity index (χ3n) is 4.21. The van der Waals surface area contributed by atoms with Gasteiger partial charge in [0.1, 0.15) is 0 Å². The predicted molar refractivity (Wildman–Crippen MR) is 96.7 cm³/mol. The van der Waals surface area contributed by atoms with E-state index in [4.69, 9.17) is 5.21 Å². The van der Waals surface area contributed by atoms with Crippen molar-refractivity contribution in [2.45, 2.75) is 30.9 Å². The fourth-order valence-corrected chi connectivity index (χ4v) is 3.13. The second-order valence-electron chi connectivity index (χ2n) is 5.79. The minimum Gasteiger partial charge on any atom is -0.289 e. The van der Waals surface area contributed by atoms with E-state index in [0.717, 1.165) is 19.3 Å². The van der Waals surface area contributed by atoms with Crippen LogP contribution in [0.3, 0.4) is 0 Å². The van der Waals surface area contributed by atoms with E-state index in [9.17, 15) is 4.79 Å². The van der Waals surface area contributed by atoms with Crippen LogP contribution >= 0.6 is 11.8 Å². The number of hydroxylamine groups is 1. The number of hydrogen-bond acceptors (Lipinski definition) is 3. The fraction of sp³-hybridized carbons (Fsp3) is 0.316. The summed E-state index contributed by atoms with van der Waals surface area (Å²) in [6.07, 6.45) is 4.43. The molecule has 0 saturated heterocycles. The van der Waals surface area contributed by atoms with Gasteiger partial charge in [-0.05, 0) is 49.1 Å². The molecular formula is C19H23NO2S. The summed E-state index contributed by atoms with van der Waals surface area (Å²) in [5.74, 6) is -0.329. The van der Waals surface area contributed by atoms with E-state index in [-0.39, 0.29) is 5.91 Å². The zero-order chi connectivity index (χ0) is 16.7. The van der Waals surface area contributed by atoms with E-state index in [1.54, 1.807) is 5.48 Å². The molecule has 0 fully saturated rings. The number of rotatable bonds is 7. The average Bonchev–Trinajstić information content (AvgIpc) is 2.62. The maximum Gasteiger partial charge on any atom is 0.259 e. The Balaban J connectivity index is 1.93. The maximum absolute atomic E-state index is 11.7. The van der Waals surface area contributed by atoms with Crippen molar-refractivity contribution >= 4 is 17.7 Å². The Labute approximate surface area is 142 Å². The van der Waals surface area contributed by atoms with E-state index in [2.05, 4.69) is 36.4 Å². The standard InChI is InChI=1S/C19H23NO2S/c1-19(23-2,18(21)20-22)14-6-7-15-10-12-17(13-11-15)16-8-4-3-5-9-16/h3-5,8-13,22H,6-7,14H2,1-2H3,(H,20,21). The third-order valence-corrected chi connectivity index (χ3v) is 5.50. The summed E-state index contributed by atoms with van der Waals surface area (Å²) in [4.78, 5) is 11.7. The van der Waals surface area contributed by atoms with Gasteiger partial charge in [0.15, 0.2) is 0 Å². The topological polar surface area (TPSA) is 49.3 Å². The number of carbonyl (C=O) groups is 1. The summed E-state index contributed by atoms with van der Waals surface area (Å²) in [6.45, 7) is 1.86. The Hall–Kier alpha value is -1.78. The van der Waals surface area contributed by atoms with E-state index < -0.39 is 4.75 Å². The number of thioether (sulfide) groups is 1. The summed E-state index contributed by atoms with van der Waals surface area (Å²) in [5.41, 5.74) is 5.46. The van der Waals surface area contributed by atoms with E-state index in [1.165, 1.54) is 28.5 Å². The van der Waals surface area contributed by atoms with Crippen LogP contribution in [0.25, 0.3) is 11.1 Å². The smallest absolute Gasteiger partial charge is 0.259 e. The maximum atomic E-state index is 11.7. The Morgan fingerprint density at radius 1 is 1.09 bits per heavy atom. The van der Waals surface area contributed by atoms with Crippen LogP contribution in [0, 0.1) is 0 Å². The van der Waals surface area contributed by atoms with Gasteiger partial charge in [0.05, 0.1) is 4.75 Å². The highest BCUT2D eigenvalue weighted by Gasteiger charge is 2.31. The fourth-order valence-electron chi connectivity index (χ4n) is 2.55. The molecule has 1 unspecified atom stereocenters. The van der Waals surface area contributed by atoms with Crippen LogP contribution in [0.5, 0.6) is 0 Å². The highest BCUT2D eigenvalue weighted by atomic mass is 32.2. The highest BCUT2D eigenvalue weighted by molar-refractivity contribution is 8.00. The van der Waals surface area contributed by atoms with Crippen molar-refractivity contribution in [3.05, 3.63) is 60.2 Å². The Bertz CT molecular complexity index is 628. The summed E-state index contributed by atoms with van der Waals surface area (Å²) in [5, 5.41) is 8.84. The van der Waals surface area contributed by atoms with Crippen molar-refractivity contribution in [3.63, 3.8) is 0 Å². The highest BCUT2D eigenvalue weighted by Crippen LogP contribution is 2.29. The summed E-state index contributed by atoms with van der Waals surface area (Å²) in [6, 6.07) is 18.9. The lowest BCUT2D eigenvalue weighted by Crippen LogP contribution is -2.40. The second kappa shape index (κ2) is 8.18. The van der Waals surface area contributed by atoms with Crippen LogP contribution in [0.4, 0.5) is 0 Å². The van der Waals surface area contributed by atoms with Crippen molar-refractivity contribution in [2.24, 2.45) is 0 Å². The molecule has 23 heavy (non-hydrogen) atoms. The molecule has 0 spiro atoms. The van der Waals surface area contributed by atoms with Crippen molar-refractivity contribution in [1.29, 1.82) is 0 Å². The first kappa shape index (κ1) is 17.6. The molecule has 2 aromatic carbocycles. The Kier molecular flexibility index (Phi) is 6.25. The van der Waals surface area contributed by atoms with Crippen LogP contribution in [-0.4, -0.2) is 22.1 Å². The first-order valence-electron chi connectivity index (χ1n) is 7.73. The van der Waals surface area contributed by atoms with Gasteiger partial charge < -0.3 is 0 Å². The Morgan fingerprint density at radius 3 is 2.26 bits per heavy atom. The van der Waals surface area contributed by atoms with E-state index >= 15 is 0 Å². The van der Waals surface area contributed by atoms with Gasteiger partial charge in [-0.2, -0.15) is 0 Å².